The van der Waals surface area contributed by atoms with Gasteiger partial charge < -0.3 is 20.3 Å². The highest BCUT2D eigenvalue weighted by molar-refractivity contribution is 7.98. The van der Waals surface area contributed by atoms with Crippen LogP contribution in [-0.2, 0) is 0 Å². The van der Waals surface area contributed by atoms with Crippen LogP contribution in [0.15, 0.2) is 17.0 Å². The van der Waals surface area contributed by atoms with E-state index in [0.717, 1.165) is 4.90 Å². The smallest absolute Gasteiger partial charge is 0.133 e. The first-order valence-electron chi connectivity index (χ1n) is 4.37. The van der Waals surface area contributed by atoms with E-state index in [-0.39, 0.29) is 0 Å². The summed E-state index contributed by atoms with van der Waals surface area (Å²) in [5, 5.41) is 9.35. The maximum absolute atomic E-state index is 9.35. The van der Waals surface area contributed by atoms with Gasteiger partial charge in [0.25, 0.3) is 0 Å². The summed E-state index contributed by atoms with van der Waals surface area (Å²) in [7, 11) is 3.12. The van der Waals surface area contributed by atoms with Crippen molar-refractivity contribution in [1.82, 2.24) is 0 Å². The van der Waals surface area contributed by atoms with Gasteiger partial charge in [0.15, 0.2) is 0 Å². The minimum absolute atomic E-state index is 0.521. The third kappa shape index (κ3) is 2.56. The van der Waals surface area contributed by atoms with Crippen molar-refractivity contribution in [3.63, 3.8) is 0 Å². The summed E-state index contributed by atoms with van der Waals surface area (Å²) in [6, 6.07) is 3.49. The fourth-order valence-electron chi connectivity index (χ4n) is 1.28. The van der Waals surface area contributed by atoms with Gasteiger partial charge in [-0.25, -0.2) is 0 Å². The Hall–Kier alpha value is -0.910. The minimum Gasteiger partial charge on any atom is -0.496 e. The number of hydrogen-bond acceptors (Lipinski definition) is 5. The van der Waals surface area contributed by atoms with Crippen LogP contribution >= 0.6 is 11.8 Å². The molecule has 1 unspecified atom stereocenters. The van der Waals surface area contributed by atoms with Gasteiger partial charge in [-0.1, -0.05) is 0 Å². The van der Waals surface area contributed by atoms with Crippen LogP contribution in [0.3, 0.4) is 0 Å². The molecule has 4 nitrogen and oxygen atoms in total. The molecule has 0 heterocycles. The van der Waals surface area contributed by atoms with E-state index >= 15 is 0 Å². The standard InChI is InChI=1S/C10H15NO3S/c1-13-7-5-9(15-3)8(14-2)4-6(7)10(11)12/h4-5,10,12H,11H2,1-3H3. The van der Waals surface area contributed by atoms with Gasteiger partial charge in [-0.05, 0) is 18.4 Å². The summed E-state index contributed by atoms with van der Waals surface area (Å²) < 4.78 is 10.3. The Morgan fingerprint density at radius 3 is 2.27 bits per heavy atom. The monoisotopic (exact) mass is 229 g/mol. The lowest BCUT2D eigenvalue weighted by Crippen LogP contribution is -2.10. The summed E-state index contributed by atoms with van der Waals surface area (Å²) in [5.74, 6) is 1.25. The van der Waals surface area contributed by atoms with E-state index in [4.69, 9.17) is 15.2 Å². The molecule has 3 N–H and O–H groups in total. The van der Waals surface area contributed by atoms with Crippen LogP contribution in [0.5, 0.6) is 11.5 Å². The van der Waals surface area contributed by atoms with Crippen molar-refractivity contribution >= 4 is 11.8 Å². The number of benzene rings is 1. The molecule has 0 radical (unpaired) electrons. The van der Waals surface area contributed by atoms with E-state index in [1.165, 1.54) is 7.11 Å². The zero-order chi connectivity index (χ0) is 11.4. The summed E-state index contributed by atoms with van der Waals surface area (Å²) in [6.45, 7) is 0. The van der Waals surface area contributed by atoms with Crippen molar-refractivity contribution in [2.24, 2.45) is 5.73 Å². The van der Waals surface area contributed by atoms with Gasteiger partial charge in [0, 0.05) is 5.56 Å². The Morgan fingerprint density at radius 2 is 1.87 bits per heavy atom. The maximum atomic E-state index is 9.35. The molecule has 0 saturated heterocycles. The van der Waals surface area contributed by atoms with E-state index in [0.29, 0.717) is 17.1 Å². The normalized spacial score (nSPS) is 12.3. The zero-order valence-electron chi connectivity index (χ0n) is 8.98. The highest BCUT2D eigenvalue weighted by Gasteiger charge is 2.14. The Bertz CT molecular complexity index is 342. The van der Waals surface area contributed by atoms with Gasteiger partial charge in [-0.3, -0.25) is 0 Å². The second-order valence-corrected chi connectivity index (χ2v) is 3.74. The fourth-order valence-corrected chi connectivity index (χ4v) is 1.85. The second kappa shape index (κ2) is 5.25. The first-order valence-corrected chi connectivity index (χ1v) is 5.60. The van der Waals surface area contributed by atoms with Crippen LogP contribution in [0.4, 0.5) is 0 Å². The Labute approximate surface area is 93.4 Å². The number of nitrogens with two attached hydrogens (primary N) is 1. The topological polar surface area (TPSA) is 64.7 Å². The molecule has 84 valence electrons. The number of aliphatic hydroxyl groups excluding tert-OH is 1. The molecule has 0 aliphatic rings. The predicted octanol–water partition coefficient (Wildman–Crippen LogP) is 1.38. The number of aliphatic hydroxyl groups is 1. The van der Waals surface area contributed by atoms with E-state index < -0.39 is 6.23 Å². The van der Waals surface area contributed by atoms with Crippen molar-refractivity contribution < 1.29 is 14.6 Å². The fraction of sp³-hybridized carbons (Fsp3) is 0.400. The summed E-state index contributed by atoms with van der Waals surface area (Å²) in [6.07, 6.45) is 0.875. The Balaban J connectivity index is 3.27. The lowest BCUT2D eigenvalue weighted by atomic mass is 10.1. The van der Waals surface area contributed by atoms with Gasteiger partial charge >= 0.3 is 0 Å². The molecule has 1 atom stereocenters. The third-order valence-electron chi connectivity index (χ3n) is 2.05. The molecule has 1 rings (SSSR count). The lowest BCUT2D eigenvalue weighted by Gasteiger charge is -2.15. The van der Waals surface area contributed by atoms with Crippen LogP contribution in [0.2, 0.25) is 0 Å². The van der Waals surface area contributed by atoms with E-state index in [2.05, 4.69) is 0 Å². The predicted molar refractivity (Wildman–Crippen MR) is 60.5 cm³/mol. The molecular formula is C10H15NO3S. The lowest BCUT2D eigenvalue weighted by molar-refractivity contribution is 0.181. The van der Waals surface area contributed by atoms with Crippen LogP contribution < -0.4 is 15.2 Å². The molecule has 1 aromatic rings. The summed E-state index contributed by atoms with van der Waals surface area (Å²) in [5.41, 5.74) is 5.94. The van der Waals surface area contributed by atoms with Gasteiger partial charge in [0.2, 0.25) is 0 Å². The Morgan fingerprint density at radius 1 is 1.27 bits per heavy atom. The minimum atomic E-state index is -1.07. The molecule has 0 amide bonds. The number of thioether (sulfide) groups is 1. The number of rotatable bonds is 4. The summed E-state index contributed by atoms with van der Waals surface area (Å²) in [4.78, 5) is 0.943. The largest absolute Gasteiger partial charge is 0.496 e. The molecule has 15 heavy (non-hydrogen) atoms. The third-order valence-corrected chi connectivity index (χ3v) is 2.81. The van der Waals surface area contributed by atoms with Crippen molar-refractivity contribution in [3.8, 4) is 11.5 Å². The van der Waals surface area contributed by atoms with Crippen molar-refractivity contribution in [1.29, 1.82) is 0 Å². The maximum Gasteiger partial charge on any atom is 0.133 e. The number of ether oxygens (including phenoxy) is 2. The SMILES string of the molecule is COc1cc(C(N)O)c(OC)cc1SC. The second-order valence-electron chi connectivity index (χ2n) is 2.89. The molecule has 5 heteroatoms. The highest BCUT2D eigenvalue weighted by Crippen LogP contribution is 2.36. The van der Waals surface area contributed by atoms with Gasteiger partial charge in [-0.2, -0.15) is 0 Å². The van der Waals surface area contributed by atoms with Gasteiger partial charge in [-0.15, -0.1) is 11.8 Å². The summed E-state index contributed by atoms with van der Waals surface area (Å²) >= 11 is 1.54. The molecule has 0 aromatic heterocycles. The van der Waals surface area contributed by atoms with Gasteiger partial charge in [0.1, 0.15) is 17.7 Å². The molecular weight excluding hydrogens is 214 g/mol. The van der Waals surface area contributed by atoms with E-state index in [9.17, 15) is 5.11 Å². The number of hydrogen-bond donors (Lipinski definition) is 2. The van der Waals surface area contributed by atoms with Crippen LogP contribution in [0.1, 0.15) is 11.8 Å². The molecule has 1 aromatic carbocycles. The average Bonchev–Trinajstić information content (AvgIpc) is 2.26. The highest BCUT2D eigenvalue weighted by atomic mass is 32.2. The molecule has 0 bridgehead atoms. The van der Waals surface area contributed by atoms with Crippen LogP contribution in [0, 0.1) is 0 Å². The van der Waals surface area contributed by atoms with Crippen molar-refractivity contribution in [2.45, 2.75) is 11.1 Å². The van der Waals surface area contributed by atoms with Crippen LogP contribution in [-0.4, -0.2) is 25.6 Å². The molecule has 0 aliphatic carbocycles. The molecule has 0 aliphatic heterocycles. The molecule has 0 spiro atoms. The average molecular weight is 229 g/mol. The van der Waals surface area contributed by atoms with E-state index in [1.807, 2.05) is 6.26 Å². The molecule has 0 fully saturated rings. The van der Waals surface area contributed by atoms with Gasteiger partial charge in [0.05, 0.1) is 19.1 Å². The molecule has 0 saturated carbocycles. The van der Waals surface area contributed by atoms with Crippen LogP contribution in [0.25, 0.3) is 0 Å². The van der Waals surface area contributed by atoms with Crippen molar-refractivity contribution in [2.75, 3.05) is 20.5 Å². The zero-order valence-corrected chi connectivity index (χ0v) is 9.80. The Kier molecular flexibility index (Phi) is 4.26. The quantitative estimate of drug-likeness (QED) is 0.603. The van der Waals surface area contributed by atoms with Crippen molar-refractivity contribution in [3.05, 3.63) is 17.7 Å². The number of methoxy groups -OCH3 is 2. The van der Waals surface area contributed by atoms with E-state index in [1.54, 1.807) is 31.0 Å². The first kappa shape index (κ1) is 12.2. The first-order chi connectivity index (χ1) is 7.13.